The highest BCUT2D eigenvalue weighted by Gasteiger charge is 2.18. The molecule has 1 heterocycles. The van der Waals surface area contributed by atoms with Gasteiger partial charge in [0.05, 0.1) is 13.2 Å². The van der Waals surface area contributed by atoms with Crippen molar-refractivity contribution < 1.29 is 18.8 Å². The number of hydrogen-bond donors (Lipinski definition) is 0. The van der Waals surface area contributed by atoms with E-state index >= 15 is 0 Å². The fraction of sp³-hybridized carbons (Fsp3) is 0.375. The van der Waals surface area contributed by atoms with Crippen LogP contribution in [0.15, 0.2) is 47.0 Å². The summed E-state index contributed by atoms with van der Waals surface area (Å²) in [6, 6.07) is 13.6. The summed E-state index contributed by atoms with van der Waals surface area (Å²) in [4.78, 5) is 18.5. The zero-order valence-corrected chi connectivity index (χ0v) is 18.0. The zero-order chi connectivity index (χ0) is 21.6. The monoisotopic (exact) mass is 421 g/mol. The molecule has 0 unspecified atom stereocenters. The van der Waals surface area contributed by atoms with Crippen LogP contribution < -0.4 is 9.47 Å². The highest BCUT2D eigenvalue weighted by molar-refractivity contribution is 5.77. The lowest BCUT2D eigenvalue weighted by atomic mass is 9.91. The fourth-order valence-corrected chi connectivity index (χ4v) is 3.73. The molecule has 0 saturated heterocycles. The maximum absolute atomic E-state index is 12.6. The average molecular weight is 421 g/mol. The van der Waals surface area contributed by atoms with E-state index in [2.05, 4.69) is 16.2 Å². The minimum atomic E-state index is -0.144. The predicted molar refractivity (Wildman–Crippen MR) is 116 cm³/mol. The van der Waals surface area contributed by atoms with Crippen LogP contribution in [0.5, 0.6) is 11.5 Å². The number of carbonyl (C=O) groups is 1. The summed E-state index contributed by atoms with van der Waals surface area (Å²) in [7, 11) is 1.70. The van der Waals surface area contributed by atoms with Gasteiger partial charge >= 0.3 is 0 Å². The molecule has 162 valence electrons. The highest BCUT2D eigenvalue weighted by Crippen LogP contribution is 2.29. The Morgan fingerprint density at radius 2 is 1.90 bits per heavy atom. The van der Waals surface area contributed by atoms with Crippen LogP contribution in [-0.4, -0.2) is 41.2 Å². The second-order valence-corrected chi connectivity index (χ2v) is 7.61. The van der Waals surface area contributed by atoms with Crippen LogP contribution in [0, 0.1) is 0 Å². The molecule has 1 aromatic heterocycles. The first-order valence-electron chi connectivity index (χ1n) is 10.7. The third kappa shape index (κ3) is 5.05. The van der Waals surface area contributed by atoms with Crippen LogP contribution in [0.2, 0.25) is 0 Å². The van der Waals surface area contributed by atoms with Gasteiger partial charge < -0.3 is 18.9 Å². The van der Waals surface area contributed by atoms with E-state index in [1.165, 1.54) is 22.4 Å². The molecule has 1 amide bonds. The van der Waals surface area contributed by atoms with Crippen molar-refractivity contribution in [3.63, 3.8) is 0 Å². The smallest absolute Gasteiger partial charge is 0.260 e. The SMILES string of the molecule is CCOc1ccc(-c2noc(CN(C)C(=O)COc3cccc4c3CCCC4)n2)cc1. The molecule has 0 saturated carbocycles. The molecule has 2 aromatic carbocycles. The molecule has 3 aromatic rings. The van der Waals surface area contributed by atoms with Gasteiger partial charge in [-0.1, -0.05) is 17.3 Å². The standard InChI is InChI=1S/C24H27N3O4/c1-3-29-19-13-11-18(12-14-19)24-25-22(31-26-24)15-27(2)23(28)16-30-21-10-6-8-17-7-4-5-9-20(17)21/h6,8,10-14H,3-5,7,9,15-16H2,1-2H3. The van der Waals surface area contributed by atoms with Gasteiger partial charge in [0.15, 0.2) is 6.61 Å². The Balaban J connectivity index is 1.33. The van der Waals surface area contributed by atoms with Crippen molar-refractivity contribution in [2.45, 2.75) is 39.2 Å². The zero-order valence-electron chi connectivity index (χ0n) is 18.0. The molecular formula is C24H27N3O4. The van der Waals surface area contributed by atoms with Crippen molar-refractivity contribution in [2.75, 3.05) is 20.3 Å². The topological polar surface area (TPSA) is 77.7 Å². The van der Waals surface area contributed by atoms with Gasteiger partial charge in [0.2, 0.25) is 11.7 Å². The number of hydrogen-bond acceptors (Lipinski definition) is 6. The number of ether oxygens (including phenoxy) is 2. The van der Waals surface area contributed by atoms with Gasteiger partial charge in [0.25, 0.3) is 5.91 Å². The number of aromatic nitrogens is 2. The number of carbonyl (C=O) groups excluding carboxylic acids is 1. The van der Waals surface area contributed by atoms with E-state index in [1.54, 1.807) is 7.05 Å². The van der Waals surface area contributed by atoms with Crippen molar-refractivity contribution in [1.29, 1.82) is 0 Å². The fourth-order valence-electron chi connectivity index (χ4n) is 3.73. The maximum atomic E-state index is 12.6. The summed E-state index contributed by atoms with van der Waals surface area (Å²) >= 11 is 0. The van der Waals surface area contributed by atoms with Gasteiger partial charge in [0.1, 0.15) is 11.5 Å². The molecule has 0 fully saturated rings. The van der Waals surface area contributed by atoms with Gasteiger partial charge in [-0.05, 0) is 74.1 Å². The molecule has 7 heteroatoms. The maximum Gasteiger partial charge on any atom is 0.260 e. The van der Waals surface area contributed by atoms with E-state index in [0.717, 1.165) is 36.3 Å². The summed E-state index contributed by atoms with van der Waals surface area (Å²) in [6.45, 7) is 2.75. The van der Waals surface area contributed by atoms with E-state index < -0.39 is 0 Å². The second kappa shape index (κ2) is 9.64. The summed E-state index contributed by atoms with van der Waals surface area (Å²) < 4.78 is 16.6. The van der Waals surface area contributed by atoms with Crippen molar-refractivity contribution in [2.24, 2.45) is 0 Å². The predicted octanol–water partition coefficient (Wildman–Crippen LogP) is 4.05. The van der Waals surface area contributed by atoms with Crippen molar-refractivity contribution in [3.8, 4) is 22.9 Å². The average Bonchev–Trinajstić information content (AvgIpc) is 3.26. The number of nitrogens with zero attached hydrogens (tertiary/aromatic N) is 3. The first kappa shape index (κ1) is 20.9. The number of benzene rings is 2. The van der Waals surface area contributed by atoms with Gasteiger partial charge in [-0.3, -0.25) is 4.79 Å². The molecule has 31 heavy (non-hydrogen) atoms. The minimum absolute atomic E-state index is 0.0210. The number of aryl methyl sites for hydroxylation is 1. The first-order chi connectivity index (χ1) is 15.1. The van der Waals surface area contributed by atoms with Crippen molar-refractivity contribution >= 4 is 5.91 Å². The van der Waals surface area contributed by atoms with Crippen LogP contribution >= 0.6 is 0 Å². The normalized spacial score (nSPS) is 12.8. The Morgan fingerprint density at radius 1 is 1.10 bits per heavy atom. The molecule has 4 rings (SSSR count). The molecule has 7 nitrogen and oxygen atoms in total. The van der Waals surface area contributed by atoms with Crippen LogP contribution in [0.3, 0.4) is 0 Å². The van der Waals surface area contributed by atoms with E-state index in [1.807, 2.05) is 43.3 Å². The van der Waals surface area contributed by atoms with E-state index in [-0.39, 0.29) is 19.1 Å². The Kier molecular flexibility index (Phi) is 6.50. The van der Waals surface area contributed by atoms with Gasteiger partial charge in [-0.15, -0.1) is 0 Å². The lowest BCUT2D eigenvalue weighted by Crippen LogP contribution is -2.31. The van der Waals surface area contributed by atoms with Gasteiger partial charge in [-0.2, -0.15) is 4.98 Å². The Hall–Kier alpha value is -3.35. The largest absolute Gasteiger partial charge is 0.494 e. The molecule has 1 aliphatic carbocycles. The van der Waals surface area contributed by atoms with Gasteiger partial charge in [0, 0.05) is 12.6 Å². The second-order valence-electron chi connectivity index (χ2n) is 7.61. The Bertz CT molecular complexity index is 1030. The molecule has 0 spiro atoms. The van der Waals surface area contributed by atoms with E-state index in [4.69, 9.17) is 14.0 Å². The summed E-state index contributed by atoms with van der Waals surface area (Å²) in [5.41, 5.74) is 3.39. The highest BCUT2D eigenvalue weighted by atomic mass is 16.5. The molecule has 0 atom stereocenters. The Morgan fingerprint density at radius 3 is 2.71 bits per heavy atom. The summed E-state index contributed by atoms with van der Waals surface area (Å²) in [5, 5.41) is 4.02. The number of rotatable bonds is 8. The summed E-state index contributed by atoms with van der Waals surface area (Å²) in [5.74, 6) is 2.31. The molecule has 0 aliphatic heterocycles. The third-order valence-corrected chi connectivity index (χ3v) is 5.39. The number of likely N-dealkylation sites (N-methyl/N-ethyl adjacent to an activating group) is 1. The first-order valence-corrected chi connectivity index (χ1v) is 10.7. The Labute approximate surface area is 182 Å². The van der Waals surface area contributed by atoms with E-state index in [0.29, 0.717) is 18.3 Å². The quantitative estimate of drug-likeness (QED) is 0.546. The van der Waals surface area contributed by atoms with Crippen LogP contribution in [0.25, 0.3) is 11.4 Å². The minimum Gasteiger partial charge on any atom is -0.494 e. The van der Waals surface area contributed by atoms with Gasteiger partial charge in [-0.25, -0.2) is 0 Å². The lowest BCUT2D eigenvalue weighted by molar-refractivity contribution is -0.132. The number of fused-ring (bicyclic) bond motifs is 1. The molecule has 0 bridgehead atoms. The molecule has 0 N–H and O–H groups in total. The van der Waals surface area contributed by atoms with Crippen molar-refractivity contribution in [3.05, 3.63) is 59.5 Å². The summed E-state index contributed by atoms with van der Waals surface area (Å²) in [6.07, 6.45) is 4.45. The molecular weight excluding hydrogens is 394 g/mol. The van der Waals surface area contributed by atoms with Crippen LogP contribution in [-0.2, 0) is 24.2 Å². The van der Waals surface area contributed by atoms with Crippen LogP contribution in [0.1, 0.15) is 36.8 Å². The van der Waals surface area contributed by atoms with Crippen LogP contribution in [0.4, 0.5) is 0 Å². The molecule has 1 aliphatic rings. The van der Waals surface area contributed by atoms with E-state index in [9.17, 15) is 4.79 Å². The number of amides is 1. The lowest BCUT2D eigenvalue weighted by Gasteiger charge is -2.20. The third-order valence-electron chi connectivity index (χ3n) is 5.39. The van der Waals surface area contributed by atoms with Crippen molar-refractivity contribution in [1.82, 2.24) is 15.0 Å². The molecule has 0 radical (unpaired) electrons.